The molecule has 0 aliphatic rings. The van der Waals surface area contributed by atoms with Crippen molar-refractivity contribution in [3.63, 3.8) is 0 Å². The number of aromatic nitrogens is 1. The Labute approximate surface area is 103 Å². The zero-order chi connectivity index (χ0) is 11.5. The van der Waals surface area contributed by atoms with Crippen LogP contribution < -0.4 is 5.32 Å². The van der Waals surface area contributed by atoms with Crippen LogP contribution in [-0.4, -0.2) is 4.98 Å². The van der Waals surface area contributed by atoms with Crippen LogP contribution >= 0.6 is 11.3 Å². The molecule has 0 saturated carbocycles. The molecule has 0 bridgehead atoms. The molecule has 3 nitrogen and oxygen atoms in total. The lowest BCUT2D eigenvalue weighted by molar-refractivity contribution is 0.513. The Balaban J connectivity index is 1.65. The highest BCUT2D eigenvalue weighted by Gasteiger charge is 2.02. The Hall–Kier alpha value is -1.65. The number of nitrogens with one attached hydrogen (secondary N) is 1. The minimum absolute atomic E-state index is 0.730. The van der Waals surface area contributed by atoms with Gasteiger partial charge in [0, 0.05) is 23.5 Å². The van der Waals surface area contributed by atoms with Crippen LogP contribution in [-0.2, 0) is 13.1 Å². The molecular formula is C13H12N2OS. The number of fused-ring (bicyclic) bond motifs is 1. The van der Waals surface area contributed by atoms with Crippen molar-refractivity contribution in [3.05, 3.63) is 52.7 Å². The maximum absolute atomic E-state index is 5.71. The van der Waals surface area contributed by atoms with Gasteiger partial charge in [-0.2, -0.15) is 0 Å². The normalized spacial score (nSPS) is 11.1. The monoisotopic (exact) mass is 244 g/mol. The van der Waals surface area contributed by atoms with Crippen LogP contribution in [0.4, 0.5) is 0 Å². The van der Waals surface area contributed by atoms with Crippen LogP contribution in [0.2, 0.25) is 0 Å². The number of para-hydroxylation sites is 1. The molecule has 0 aliphatic carbocycles. The van der Waals surface area contributed by atoms with Gasteiger partial charge in [-0.3, -0.25) is 0 Å². The molecule has 0 aliphatic heterocycles. The molecule has 1 N–H and O–H groups in total. The fraction of sp³-hybridized carbons (Fsp3) is 0.154. The van der Waals surface area contributed by atoms with Crippen LogP contribution in [0.1, 0.15) is 10.8 Å². The number of hydrogen-bond acceptors (Lipinski definition) is 4. The zero-order valence-electron chi connectivity index (χ0n) is 9.22. The summed E-state index contributed by atoms with van der Waals surface area (Å²) in [5.74, 6) is 0.961. The third kappa shape index (κ3) is 2.38. The molecule has 0 fully saturated rings. The Kier molecular flexibility index (Phi) is 2.90. The van der Waals surface area contributed by atoms with Crippen LogP contribution in [0, 0.1) is 0 Å². The number of thiazole rings is 1. The van der Waals surface area contributed by atoms with Crippen LogP contribution in [0.3, 0.4) is 0 Å². The Bertz CT molecular complexity index is 568. The van der Waals surface area contributed by atoms with Crippen molar-refractivity contribution in [1.29, 1.82) is 0 Å². The lowest BCUT2D eigenvalue weighted by Crippen LogP contribution is -2.11. The Morgan fingerprint density at radius 1 is 1.24 bits per heavy atom. The molecule has 1 aromatic carbocycles. The first kappa shape index (κ1) is 10.5. The summed E-state index contributed by atoms with van der Waals surface area (Å²) in [7, 11) is 0. The van der Waals surface area contributed by atoms with E-state index in [2.05, 4.69) is 22.4 Å². The van der Waals surface area contributed by atoms with Crippen molar-refractivity contribution < 1.29 is 4.42 Å². The van der Waals surface area contributed by atoms with Gasteiger partial charge in [0.15, 0.2) is 0 Å². The van der Waals surface area contributed by atoms with Gasteiger partial charge in [0.25, 0.3) is 0 Å². The lowest BCUT2D eigenvalue weighted by atomic mass is 10.2. The van der Waals surface area contributed by atoms with Crippen LogP contribution in [0.15, 0.2) is 46.3 Å². The van der Waals surface area contributed by atoms with E-state index in [1.807, 2.05) is 29.8 Å². The molecule has 3 rings (SSSR count). The van der Waals surface area contributed by atoms with Gasteiger partial charge in [-0.05, 0) is 12.1 Å². The van der Waals surface area contributed by atoms with E-state index in [1.165, 1.54) is 0 Å². The molecule has 0 radical (unpaired) electrons. The zero-order valence-corrected chi connectivity index (χ0v) is 10.0. The van der Waals surface area contributed by atoms with Crippen molar-refractivity contribution in [3.8, 4) is 0 Å². The van der Waals surface area contributed by atoms with Gasteiger partial charge in [0.2, 0.25) is 0 Å². The second-order valence-corrected chi connectivity index (χ2v) is 4.76. The van der Waals surface area contributed by atoms with E-state index in [9.17, 15) is 0 Å². The third-order valence-electron chi connectivity index (χ3n) is 2.54. The van der Waals surface area contributed by atoms with Crippen molar-refractivity contribution in [2.45, 2.75) is 13.1 Å². The maximum atomic E-state index is 5.71. The summed E-state index contributed by atoms with van der Waals surface area (Å²) < 4.78 is 5.71. The quantitative estimate of drug-likeness (QED) is 0.766. The summed E-state index contributed by atoms with van der Waals surface area (Å²) in [6.07, 6.45) is 1.82. The van der Waals surface area contributed by atoms with E-state index in [1.54, 1.807) is 11.3 Å². The van der Waals surface area contributed by atoms with E-state index >= 15 is 0 Å². The molecule has 0 atom stereocenters. The summed E-state index contributed by atoms with van der Waals surface area (Å²) in [5.41, 5.74) is 0.943. The number of rotatable bonds is 4. The molecule has 3 aromatic rings. The number of furan rings is 1. The third-order valence-corrected chi connectivity index (χ3v) is 3.32. The SMILES string of the molecule is c1ccc2oc(CNCc3nccs3)cc2c1. The molecule has 4 heteroatoms. The van der Waals surface area contributed by atoms with Gasteiger partial charge in [0.1, 0.15) is 16.4 Å². The van der Waals surface area contributed by atoms with E-state index in [0.717, 1.165) is 34.8 Å². The van der Waals surface area contributed by atoms with Crippen molar-refractivity contribution in [1.82, 2.24) is 10.3 Å². The second-order valence-electron chi connectivity index (χ2n) is 3.78. The van der Waals surface area contributed by atoms with Gasteiger partial charge in [-0.1, -0.05) is 18.2 Å². The number of benzene rings is 1. The largest absolute Gasteiger partial charge is 0.460 e. The first-order valence-corrected chi connectivity index (χ1v) is 6.36. The van der Waals surface area contributed by atoms with Gasteiger partial charge in [-0.25, -0.2) is 4.98 Å². The fourth-order valence-corrected chi connectivity index (χ4v) is 2.34. The second kappa shape index (κ2) is 4.69. The first-order chi connectivity index (χ1) is 8.42. The Morgan fingerprint density at radius 3 is 3.00 bits per heavy atom. The smallest absolute Gasteiger partial charge is 0.134 e. The maximum Gasteiger partial charge on any atom is 0.134 e. The van der Waals surface area contributed by atoms with Gasteiger partial charge in [-0.15, -0.1) is 11.3 Å². The average Bonchev–Trinajstić information content (AvgIpc) is 2.96. The molecule has 0 spiro atoms. The summed E-state index contributed by atoms with van der Waals surface area (Å²) in [6.45, 7) is 1.52. The van der Waals surface area contributed by atoms with Gasteiger partial charge in [0.05, 0.1) is 6.54 Å². The van der Waals surface area contributed by atoms with Crippen molar-refractivity contribution >= 4 is 22.3 Å². The molecular weight excluding hydrogens is 232 g/mol. The van der Waals surface area contributed by atoms with Gasteiger partial charge >= 0.3 is 0 Å². The predicted octanol–water partition coefficient (Wildman–Crippen LogP) is 3.18. The first-order valence-electron chi connectivity index (χ1n) is 5.48. The average molecular weight is 244 g/mol. The summed E-state index contributed by atoms with van der Waals surface area (Å²) >= 11 is 1.66. The number of nitrogens with zero attached hydrogens (tertiary/aromatic N) is 1. The molecule has 2 aromatic heterocycles. The van der Waals surface area contributed by atoms with Crippen LogP contribution in [0.25, 0.3) is 11.0 Å². The fourth-order valence-electron chi connectivity index (χ4n) is 1.76. The van der Waals surface area contributed by atoms with E-state index in [0.29, 0.717) is 0 Å². The molecule has 0 saturated heterocycles. The Morgan fingerprint density at radius 2 is 2.18 bits per heavy atom. The number of hydrogen-bond donors (Lipinski definition) is 1. The van der Waals surface area contributed by atoms with E-state index in [-0.39, 0.29) is 0 Å². The summed E-state index contributed by atoms with van der Waals surface area (Å²) in [6, 6.07) is 10.1. The molecule has 0 unspecified atom stereocenters. The van der Waals surface area contributed by atoms with E-state index in [4.69, 9.17) is 4.42 Å². The van der Waals surface area contributed by atoms with Crippen LogP contribution in [0.5, 0.6) is 0 Å². The molecule has 0 amide bonds. The van der Waals surface area contributed by atoms with Gasteiger partial charge < -0.3 is 9.73 Å². The summed E-state index contributed by atoms with van der Waals surface area (Å²) in [5, 5.41) is 7.55. The molecule has 2 heterocycles. The minimum Gasteiger partial charge on any atom is -0.460 e. The van der Waals surface area contributed by atoms with Crippen molar-refractivity contribution in [2.24, 2.45) is 0 Å². The highest BCUT2D eigenvalue weighted by atomic mass is 32.1. The molecule has 17 heavy (non-hydrogen) atoms. The molecule has 86 valence electrons. The standard InChI is InChI=1S/C13H12N2OS/c1-2-4-12-10(3-1)7-11(16-12)8-14-9-13-15-5-6-17-13/h1-7,14H,8-9H2. The lowest BCUT2D eigenvalue weighted by Gasteiger charge is -1.98. The summed E-state index contributed by atoms with van der Waals surface area (Å²) in [4.78, 5) is 4.22. The van der Waals surface area contributed by atoms with Crippen molar-refractivity contribution in [2.75, 3.05) is 0 Å². The minimum atomic E-state index is 0.730. The highest BCUT2D eigenvalue weighted by molar-refractivity contribution is 7.09. The predicted molar refractivity (Wildman–Crippen MR) is 68.9 cm³/mol. The topological polar surface area (TPSA) is 38.1 Å². The van der Waals surface area contributed by atoms with E-state index < -0.39 is 0 Å². The highest BCUT2D eigenvalue weighted by Crippen LogP contribution is 2.18.